The smallest absolute Gasteiger partial charge is 0.305 e. The molecule has 1 amide bonds. The van der Waals surface area contributed by atoms with Gasteiger partial charge in [0.2, 0.25) is 5.89 Å². The predicted molar refractivity (Wildman–Crippen MR) is 60.0 cm³/mol. The first-order valence-electron chi connectivity index (χ1n) is 5.85. The van der Waals surface area contributed by atoms with Crippen molar-refractivity contribution >= 4 is 11.9 Å². The summed E-state index contributed by atoms with van der Waals surface area (Å²) in [6, 6.07) is 0. The van der Waals surface area contributed by atoms with Crippen LogP contribution in [-0.2, 0) is 4.79 Å². The van der Waals surface area contributed by atoms with Crippen molar-refractivity contribution in [2.75, 3.05) is 0 Å². The van der Waals surface area contributed by atoms with Crippen molar-refractivity contribution in [3.8, 4) is 0 Å². The molecule has 0 saturated heterocycles. The molecule has 1 fully saturated rings. The van der Waals surface area contributed by atoms with Gasteiger partial charge in [-0.25, -0.2) is 0 Å². The molecule has 7 heteroatoms. The van der Waals surface area contributed by atoms with Gasteiger partial charge in [0.1, 0.15) is 0 Å². The van der Waals surface area contributed by atoms with Crippen molar-refractivity contribution in [1.82, 2.24) is 15.5 Å². The summed E-state index contributed by atoms with van der Waals surface area (Å²) in [4.78, 5) is 26.6. The normalized spacial score (nSPS) is 17.6. The zero-order valence-electron chi connectivity index (χ0n) is 10.1. The fourth-order valence-electron chi connectivity index (χ4n) is 2.38. The lowest BCUT2D eigenvalue weighted by Gasteiger charge is -2.27. The number of rotatable bonds is 4. The number of carboxylic acid groups (broad SMARTS) is 1. The Bertz CT molecular complexity index is 463. The summed E-state index contributed by atoms with van der Waals surface area (Å²) in [5.41, 5.74) is -0.669. The molecule has 0 radical (unpaired) electrons. The first kappa shape index (κ1) is 12.5. The van der Waals surface area contributed by atoms with Crippen molar-refractivity contribution in [2.24, 2.45) is 0 Å². The summed E-state index contributed by atoms with van der Waals surface area (Å²) in [5, 5.41) is 15.2. The Morgan fingerprint density at radius 1 is 1.44 bits per heavy atom. The van der Waals surface area contributed by atoms with E-state index in [1.807, 2.05) is 0 Å². The van der Waals surface area contributed by atoms with E-state index in [0.717, 1.165) is 12.8 Å². The number of hydrogen-bond donors (Lipinski definition) is 2. The largest absolute Gasteiger partial charge is 0.481 e. The first-order valence-corrected chi connectivity index (χ1v) is 5.85. The fourth-order valence-corrected chi connectivity index (χ4v) is 2.38. The third kappa shape index (κ3) is 2.66. The van der Waals surface area contributed by atoms with Gasteiger partial charge in [0.25, 0.3) is 11.7 Å². The van der Waals surface area contributed by atoms with E-state index in [1.54, 1.807) is 6.92 Å². The van der Waals surface area contributed by atoms with Crippen LogP contribution in [0.2, 0.25) is 0 Å². The Hall–Kier alpha value is -1.92. The highest BCUT2D eigenvalue weighted by Crippen LogP contribution is 2.32. The van der Waals surface area contributed by atoms with E-state index in [9.17, 15) is 9.59 Å². The predicted octanol–water partition coefficient (Wildman–Crippen LogP) is 0.895. The summed E-state index contributed by atoms with van der Waals surface area (Å²) in [5.74, 6) is -1.14. The van der Waals surface area contributed by atoms with Crippen LogP contribution in [0.3, 0.4) is 0 Å². The van der Waals surface area contributed by atoms with Gasteiger partial charge in [-0.1, -0.05) is 18.0 Å². The van der Waals surface area contributed by atoms with Gasteiger partial charge < -0.3 is 14.9 Å². The minimum absolute atomic E-state index is 0.0517. The molecule has 0 aliphatic heterocycles. The summed E-state index contributed by atoms with van der Waals surface area (Å²) in [6.45, 7) is 1.59. The van der Waals surface area contributed by atoms with Crippen LogP contribution in [0.4, 0.5) is 0 Å². The monoisotopic (exact) mass is 253 g/mol. The number of amides is 1. The minimum atomic E-state index is -0.915. The van der Waals surface area contributed by atoms with Crippen molar-refractivity contribution in [3.05, 3.63) is 11.7 Å². The van der Waals surface area contributed by atoms with Crippen LogP contribution in [0, 0.1) is 6.92 Å². The molecule has 1 heterocycles. The van der Waals surface area contributed by atoms with Crippen LogP contribution in [0.15, 0.2) is 4.52 Å². The third-order valence-corrected chi connectivity index (χ3v) is 3.16. The standard InChI is InChI=1S/C11H15N3O4/c1-7-12-9(14-18-7)10(17)13-11(6-8(15)16)4-2-3-5-11/h2-6H2,1H3,(H,13,17)(H,15,16). The summed E-state index contributed by atoms with van der Waals surface area (Å²) in [7, 11) is 0. The number of hydrogen-bond acceptors (Lipinski definition) is 5. The van der Waals surface area contributed by atoms with Gasteiger partial charge in [0, 0.05) is 6.92 Å². The van der Waals surface area contributed by atoms with Crippen LogP contribution >= 0.6 is 0 Å². The molecule has 0 aromatic carbocycles. The average Bonchev–Trinajstić information content (AvgIpc) is 2.87. The topological polar surface area (TPSA) is 105 Å². The van der Waals surface area contributed by atoms with Gasteiger partial charge in [-0.05, 0) is 12.8 Å². The molecule has 1 aromatic heterocycles. The molecule has 18 heavy (non-hydrogen) atoms. The van der Waals surface area contributed by atoms with Crippen molar-refractivity contribution < 1.29 is 19.2 Å². The SMILES string of the molecule is Cc1nc(C(=O)NC2(CC(=O)O)CCCC2)no1. The second-order valence-electron chi connectivity index (χ2n) is 4.65. The van der Waals surface area contributed by atoms with Gasteiger partial charge >= 0.3 is 5.97 Å². The lowest BCUT2D eigenvalue weighted by Crippen LogP contribution is -2.48. The molecule has 2 N–H and O–H groups in total. The highest BCUT2D eigenvalue weighted by molar-refractivity contribution is 5.91. The van der Waals surface area contributed by atoms with E-state index in [2.05, 4.69) is 15.5 Å². The maximum absolute atomic E-state index is 11.9. The number of nitrogens with one attached hydrogen (secondary N) is 1. The number of aromatic nitrogens is 2. The molecule has 1 aromatic rings. The second-order valence-corrected chi connectivity index (χ2v) is 4.65. The molecule has 7 nitrogen and oxygen atoms in total. The molecule has 98 valence electrons. The highest BCUT2D eigenvalue weighted by Gasteiger charge is 2.38. The number of carbonyl (C=O) groups excluding carboxylic acids is 1. The molecule has 1 aliphatic rings. The Kier molecular flexibility index (Phi) is 3.31. The van der Waals surface area contributed by atoms with Crippen LogP contribution in [0.5, 0.6) is 0 Å². The average molecular weight is 253 g/mol. The van der Waals surface area contributed by atoms with Gasteiger partial charge in [-0.3, -0.25) is 9.59 Å². The van der Waals surface area contributed by atoms with E-state index in [4.69, 9.17) is 9.63 Å². The quantitative estimate of drug-likeness (QED) is 0.825. The maximum Gasteiger partial charge on any atom is 0.305 e. The molecule has 0 unspecified atom stereocenters. The van der Waals surface area contributed by atoms with Gasteiger partial charge in [0.15, 0.2) is 0 Å². The number of carboxylic acids is 1. The second kappa shape index (κ2) is 4.75. The fraction of sp³-hybridized carbons (Fsp3) is 0.636. The van der Waals surface area contributed by atoms with Gasteiger partial charge in [-0.2, -0.15) is 4.98 Å². The number of aliphatic carboxylic acids is 1. The zero-order valence-corrected chi connectivity index (χ0v) is 10.1. The molecule has 0 atom stereocenters. The Morgan fingerprint density at radius 3 is 2.61 bits per heavy atom. The highest BCUT2D eigenvalue weighted by atomic mass is 16.5. The zero-order chi connectivity index (χ0) is 13.2. The van der Waals surface area contributed by atoms with E-state index in [1.165, 1.54) is 0 Å². The van der Waals surface area contributed by atoms with E-state index < -0.39 is 17.4 Å². The summed E-state index contributed by atoms with van der Waals surface area (Å²) < 4.78 is 4.73. The molecule has 0 spiro atoms. The molecule has 0 bridgehead atoms. The molecular weight excluding hydrogens is 238 g/mol. The van der Waals surface area contributed by atoms with Crippen molar-refractivity contribution in [3.63, 3.8) is 0 Å². The van der Waals surface area contributed by atoms with Crippen LogP contribution < -0.4 is 5.32 Å². The summed E-state index contributed by atoms with van der Waals surface area (Å²) in [6.07, 6.45) is 3.09. The number of aryl methyl sites for hydroxylation is 1. The van der Waals surface area contributed by atoms with E-state index in [0.29, 0.717) is 18.7 Å². The Labute approximate surface area is 104 Å². The van der Waals surface area contributed by atoms with E-state index >= 15 is 0 Å². The number of carbonyl (C=O) groups is 2. The first-order chi connectivity index (χ1) is 8.51. The maximum atomic E-state index is 11.9. The van der Waals surface area contributed by atoms with E-state index in [-0.39, 0.29) is 12.2 Å². The van der Waals surface area contributed by atoms with Crippen LogP contribution in [0.25, 0.3) is 0 Å². The van der Waals surface area contributed by atoms with Crippen LogP contribution in [0.1, 0.15) is 48.6 Å². The summed E-state index contributed by atoms with van der Waals surface area (Å²) >= 11 is 0. The Morgan fingerprint density at radius 2 is 2.11 bits per heavy atom. The Balaban J connectivity index is 2.09. The molecular formula is C11H15N3O4. The molecule has 2 rings (SSSR count). The molecule has 1 aliphatic carbocycles. The third-order valence-electron chi connectivity index (χ3n) is 3.16. The van der Waals surface area contributed by atoms with Crippen molar-refractivity contribution in [1.29, 1.82) is 0 Å². The van der Waals surface area contributed by atoms with Crippen LogP contribution in [-0.4, -0.2) is 32.7 Å². The van der Waals surface area contributed by atoms with Gasteiger partial charge in [-0.15, -0.1) is 0 Å². The van der Waals surface area contributed by atoms with Crippen molar-refractivity contribution in [2.45, 2.75) is 44.6 Å². The lowest BCUT2D eigenvalue weighted by molar-refractivity contribution is -0.138. The van der Waals surface area contributed by atoms with Gasteiger partial charge in [0.05, 0.1) is 12.0 Å². The number of nitrogens with zero attached hydrogens (tertiary/aromatic N) is 2. The molecule has 1 saturated carbocycles. The lowest BCUT2D eigenvalue weighted by atomic mass is 9.93. The minimum Gasteiger partial charge on any atom is -0.481 e.